The predicted octanol–water partition coefficient (Wildman–Crippen LogP) is 3.61. The molecule has 0 aromatic rings. The van der Waals surface area contributed by atoms with E-state index in [1.807, 2.05) is 0 Å². The Morgan fingerprint density at radius 2 is 2.17 bits per heavy atom. The van der Waals surface area contributed by atoms with Gasteiger partial charge in [0.1, 0.15) is 0 Å². The maximum Gasteiger partial charge on any atom is 0.349 e. The van der Waals surface area contributed by atoms with E-state index in [0.29, 0.717) is 12.0 Å². The van der Waals surface area contributed by atoms with Gasteiger partial charge in [0.15, 0.2) is 5.92 Å². The normalized spacial score (nSPS) is 41.5. The van der Waals surface area contributed by atoms with Gasteiger partial charge in [0.25, 0.3) is 0 Å². The molecule has 1 spiro atoms. The van der Waals surface area contributed by atoms with Gasteiger partial charge in [-0.3, -0.25) is 14.7 Å². The van der Waals surface area contributed by atoms with Crippen molar-refractivity contribution in [1.29, 1.82) is 0 Å². The number of nitrogens with zero attached hydrogens (tertiary/aromatic N) is 1. The van der Waals surface area contributed by atoms with Gasteiger partial charge in [0.05, 0.1) is 23.7 Å². The van der Waals surface area contributed by atoms with Gasteiger partial charge >= 0.3 is 11.9 Å². The summed E-state index contributed by atoms with van der Waals surface area (Å²) in [6.45, 7) is 8.88. The second kappa shape index (κ2) is 8.18. The van der Waals surface area contributed by atoms with Crippen LogP contribution in [0.3, 0.4) is 0 Å². The molecule has 168 valence electrons. The molecule has 2 fully saturated rings. The van der Waals surface area contributed by atoms with Crippen LogP contribution < -0.4 is 10.6 Å². The molecule has 0 bridgehead atoms. The molecule has 0 radical (unpaired) electrons. The first-order chi connectivity index (χ1) is 14.3. The van der Waals surface area contributed by atoms with Gasteiger partial charge in [0, 0.05) is 12.8 Å². The van der Waals surface area contributed by atoms with E-state index >= 15 is 0 Å². The smallest absolute Gasteiger partial charge is 0.349 e. The minimum atomic E-state index is -0.795. The topological polar surface area (TPSA) is 73.6 Å². The quantitative estimate of drug-likeness (QED) is 0.454. The highest BCUT2D eigenvalue weighted by Gasteiger charge is 2.63. The summed E-state index contributed by atoms with van der Waals surface area (Å²) in [7, 11) is 0. The van der Waals surface area contributed by atoms with E-state index in [-0.39, 0.29) is 17.7 Å². The van der Waals surface area contributed by atoms with Crippen LogP contribution in [0.15, 0.2) is 12.2 Å². The van der Waals surface area contributed by atoms with Gasteiger partial charge in [0.2, 0.25) is 5.72 Å². The lowest BCUT2D eigenvalue weighted by Crippen LogP contribution is -2.75. The van der Waals surface area contributed by atoms with E-state index in [2.05, 4.69) is 55.1 Å². The highest BCUT2D eigenvalue weighted by molar-refractivity contribution is 5.81. The third-order valence-electron chi connectivity index (χ3n) is 7.94. The Bertz CT molecular complexity index is 735. The molecule has 30 heavy (non-hydrogen) atoms. The number of carboxylic acid groups (broad SMARTS) is 1. The van der Waals surface area contributed by atoms with Crippen LogP contribution in [0.2, 0.25) is 0 Å². The van der Waals surface area contributed by atoms with Crippen molar-refractivity contribution in [1.82, 2.24) is 10.6 Å². The molecule has 4 aliphatic heterocycles. The summed E-state index contributed by atoms with van der Waals surface area (Å²) in [6.07, 6.45) is 13.9. The number of rotatable bonds is 6. The third-order valence-corrected chi connectivity index (χ3v) is 7.94. The molecule has 7 atom stereocenters. The summed E-state index contributed by atoms with van der Waals surface area (Å²) in [6, 6.07) is 0.416. The van der Waals surface area contributed by atoms with E-state index in [9.17, 15) is 9.90 Å². The summed E-state index contributed by atoms with van der Waals surface area (Å²) in [4.78, 5) is 12.4. The SMILES string of the molecule is CCC(C)C=CCC[C@]1(C)CC2CC[C@@H]3[C@H](C(=O)O)[C@]4(CCC[C@@H](C)O4)NC(=[N+]23)N1. The number of carboxylic acids is 1. The molecule has 0 saturated carbocycles. The lowest BCUT2D eigenvalue weighted by Gasteiger charge is -2.49. The van der Waals surface area contributed by atoms with Crippen LogP contribution in [-0.4, -0.2) is 51.1 Å². The van der Waals surface area contributed by atoms with Crippen molar-refractivity contribution in [3.63, 3.8) is 0 Å². The Morgan fingerprint density at radius 3 is 2.87 bits per heavy atom. The van der Waals surface area contributed by atoms with Crippen molar-refractivity contribution in [3.05, 3.63) is 12.2 Å². The van der Waals surface area contributed by atoms with E-state index < -0.39 is 17.6 Å². The number of guanidine groups is 1. The summed E-state index contributed by atoms with van der Waals surface area (Å²) in [5.74, 6) is 0.382. The number of nitrogens with one attached hydrogen (secondary N) is 2. The van der Waals surface area contributed by atoms with Crippen LogP contribution in [-0.2, 0) is 9.53 Å². The average Bonchev–Trinajstić information content (AvgIpc) is 3.08. The summed E-state index contributed by atoms with van der Waals surface area (Å²) in [5, 5.41) is 17.6. The van der Waals surface area contributed by atoms with Gasteiger partial charge < -0.3 is 9.84 Å². The molecule has 6 heteroatoms. The number of allylic oxidation sites excluding steroid dienone is 2. The van der Waals surface area contributed by atoms with E-state index in [4.69, 9.17) is 4.74 Å². The predicted molar refractivity (Wildman–Crippen MR) is 117 cm³/mol. The Labute approximate surface area is 181 Å². The van der Waals surface area contributed by atoms with Gasteiger partial charge in [-0.1, -0.05) is 32.4 Å². The molecular formula is C24H40N3O3+. The third kappa shape index (κ3) is 3.88. The zero-order valence-electron chi connectivity index (χ0n) is 19.1. The van der Waals surface area contributed by atoms with Crippen molar-refractivity contribution in [2.24, 2.45) is 11.8 Å². The molecule has 6 nitrogen and oxygen atoms in total. The maximum absolute atomic E-state index is 12.4. The van der Waals surface area contributed by atoms with Crippen LogP contribution in [0, 0.1) is 11.8 Å². The molecule has 2 unspecified atom stereocenters. The second-order valence-corrected chi connectivity index (χ2v) is 10.4. The Morgan fingerprint density at radius 1 is 1.37 bits per heavy atom. The van der Waals surface area contributed by atoms with Crippen molar-refractivity contribution in [3.8, 4) is 0 Å². The van der Waals surface area contributed by atoms with E-state index in [1.54, 1.807) is 0 Å². The van der Waals surface area contributed by atoms with Gasteiger partial charge in [-0.2, -0.15) is 0 Å². The second-order valence-electron chi connectivity index (χ2n) is 10.4. The lowest BCUT2D eigenvalue weighted by molar-refractivity contribution is -0.606. The molecule has 4 rings (SSSR count). The van der Waals surface area contributed by atoms with Crippen molar-refractivity contribution in [2.45, 2.75) is 115 Å². The zero-order chi connectivity index (χ0) is 21.5. The number of aliphatic carboxylic acids is 1. The fourth-order valence-electron chi connectivity index (χ4n) is 6.24. The van der Waals surface area contributed by atoms with Gasteiger partial charge in [-0.15, -0.1) is 0 Å². The number of ether oxygens (including phenoxy) is 1. The first kappa shape index (κ1) is 21.7. The molecule has 2 saturated heterocycles. The fraction of sp³-hybridized carbons (Fsp3) is 0.833. The molecule has 4 aliphatic rings. The Hall–Kier alpha value is -1.56. The summed E-state index contributed by atoms with van der Waals surface area (Å²) < 4.78 is 8.75. The van der Waals surface area contributed by atoms with Crippen molar-refractivity contribution in [2.75, 3.05) is 0 Å². The van der Waals surface area contributed by atoms with Gasteiger partial charge in [-0.05, 0) is 58.3 Å². The minimum Gasteiger partial charge on any atom is -0.481 e. The monoisotopic (exact) mass is 418 g/mol. The summed E-state index contributed by atoms with van der Waals surface area (Å²) >= 11 is 0. The standard InChI is InChI=1S/C24H39N3O3/c1-5-16(2)9-6-7-13-23(4)15-18-11-12-19-20(21(28)29)24(14-8-10-17(3)30-24)26-22(25-23)27(18)19/h6,9,16-20H,5,7-8,10-15H2,1-4H3,(H2,25,26,28,29)/p+1/t16?,17-,18?,19-,20-,23-,24-/m1/s1. The van der Waals surface area contributed by atoms with E-state index in [0.717, 1.165) is 57.3 Å². The average molecular weight is 419 g/mol. The molecular weight excluding hydrogens is 378 g/mol. The molecule has 0 aromatic heterocycles. The molecule has 4 heterocycles. The number of carbonyl (C=O) groups is 1. The fourth-order valence-corrected chi connectivity index (χ4v) is 6.24. The van der Waals surface area contributed by atoms with E-state index in [1.165, 1.54) is 6.42 Å². The van der Waals surface area contributed by atoms with Crippen molar-refractivity contribution < 1.29 is 19.2 Å². The van der Waals surface area contributed by atoms with Crippen LogP contribution in [0.25, 0.3) is 0 Å². The first-order valence-corrected chi connectivity index (χ1v) is 12.1. The number of hydrogen-bond acceptors (Lipinski definition) is 4. The van der Waals surface area contributed by atoms with Crippen LogP contribution in [0.5, 0.6) is 0 Å². The number of hydrogen-bond donors (Lipinski definition) is 3. The van der Waals surface area contributed by atoms with Crippen molar-refractivity contribution >= 4 is 11.9 Å². The van der Waals surface area contributed by atoms with Gasteiger partial charge in [-0.25, -0.2) is 5.32 Å². The largest absolute Gasteiger partial charge is 0.481 e. The Kier molecular flexibility index (Phi) is 5.90. The van der Waals surface area contributed by atoms with Crippen LogP contribution in [0.1, 0.15) is 85.5 Å². The lowest BCUT2D eigenvalue weighted by atomic mass is 9.80. The highest BCUT2D eigenvalue weighted by atomic mass is 16.5. The zero-order valence-corrected chi connectivity index (χ0v) is 19.1. The highest BCUT2D eigenvalue weighted by Crippen LogP contribution is 2.44. The molecule has 0 amide bonds. The molecule has 3 N–H and O–H groups in total. The summed E-state index contributed by atoms with van der Waals surface area (Å²) in [5.41, 5.74) is -0.785. The first-order valence-electron chi connectivity index (χ1n) is 12.1. The Balaban J connectivity index is 1.57. The maximum atomic E-state index is 12.4. The molecule has 0 aliphatic carbocycles. The van der Waals surface area contributed by atoms with Crippen LogP contribution >= 0.6 is 0 Å². The molecule has 0 aromatic carbocycles. The minimum absolute atomic E-state index is 0.00964. The van der Waals surface area contributed by atoms with Crippen LogP contribution in [0.4, 0.5) is 0 Å².